The number of nitrogens with one attached hydrogen (secondary N) is 2. The number of phosphoric ester groups is 1. The van der Waals surface area contributed by atoms with E-state index in [-0.39, 0.29) is 37.9 Å². The number of hydrogen-bond donors (Lipinski definition) is 3. The Morgan fingerprint density at radius 1 is 0.684 bits per heavy atom. The first-order valence-electron chi connectivity index (χ1n) is 22.2. The number of carbonyl (C=O) groups is 3. The Balaban J connectivity index is 2.29. The summed E-state index contributed by atoms with van der Waals surface area (Å²) in [5, 5.41) is 6.05. The van der Waals surface area contributed by atoms with Crippen LogP contribution in [0.15, 0.2) is 24.3 Å². The van der Waals surface area contributed by atoms with E-state index in [0.29, 0.717) is 29.6 Å². The van der Waals surface area contributed by atoms with E-state index in [1.807, 2.05) is 52.5 Å². The average Bonchev–Trinajstić information content (AvgIpc) is 3.17. The first kappa shape index (κ1) is 52.5. The molecule has 0 saturated heterocycles. The summed E-state index contributed by atoms with van der Waals surface area (Å²) in [6.45, 7) is 2.74. The van der Waals surface area contributed by atoms with E-state index >= 15 is 0 Å². The second-order valence-electron chi connectivity index (χ2n) is 16.4. The fourth-order valence-electron chi connectivity index (χ4n) is 6.38. The van der Waals surface area contributed by atoms with Gasteiger partial charge in [0.15, 0.2) is 6.10 Å². The van der Waals surface area contributed by atoms with Crippen LogP contribution in [0.2, 0.25) is 0 Å². The molecule has 13 heteroatoms. The number of quaternary nitrogens is 1. The molecule has 0 saturated carbocycles. The quantitative estimate of drug-likeness (QED) is 0.0255. The smallest absolute Gasteiger partial charge is 0.462 e. The molecular weight excluding hydrogens is 745 g/mol. The van der Waals surface area contributed by atoms with Gasteiger partial charge >= 0.3 is 19.8 Å². The number of benzene rings is 1. The lowest BCUT2D eigenvalue weighted by atomic mass is 10.0. The first-order chi connectivity index (χ1) is 27.4. The number of likely N-dealkylation sites (N-methyl/N-ethyl adjacent to an activating group) is 1. The third kappa shape index (κ3) is 31.1. The van der Waals surface area contributed by atoms with E-state index in [1.165, 1.54) is 64.2 Å². The van der Waals surface area contributed by atoms with Crippen LogP contribution in [0.25, 0.3) is 0 Å². The number of anilines is 1. The second-order valence-corrected chi connectivity index (χ2v) is 17.8. The van der Waals surface area contributed by atoms with Crippen molar-refractivity contribution in [2.75, 3.05) is 66.4 Å². The molecule has 1 aromatic carbocycles. The van der Waals surface area contributed by atoms with E-state index in [2.05, 4.69) is 17.6 Å². The molecule has 3 N–H and O–H groups in total. The van der Waals surface area contributed by atoms with Crippen molar-refractivity contribution < 1.29 is 46.8 Å². The molecule has 12 nitrogen and oxygen atoms in total. The van der Waals surface area contributed by atoms with Gasteiger partial charge in [-0.1, -0.05) is 141 Å². The van der Waals surface area contributed by atoms with Crippen LogP contribution in [0.3, 0.4) is 0 Å². The van der Waals surface area contributed by atoms with Crippen LogP contribution in [0.5, 0.6) is 0 Å². The van der Waals surface area contributed by atoms with Crippen molar-refractivity contribution in [2.45, 2.75) is 167 Å². The Labute approximate surface area is 346 Å². The van der Waals surface area contributed by atoms with Gasteiger partial charge in [-0.25, -0.2) is 4.57 Å². The number of nitrogens with zero attached hydrogens (tertiary/aromatic N) is 1. The molecule has 1 amide bonds. The standard InChI is InChI=1S/C44H80N3O9P/c1-6-7-8-9-10-11-12-13-14-16-19-22-25-32-42(48)53-37-39(38-55-57(51,52)54-36-35-47(3,4)5)56-43(49)33-26-23-20-17-15-18-21-24-29-34-46-44(50)40-30-27-28-31-41(40)45-2/h27-28,30-31,39H,6-26,29,32-38H2,1-5H3,(H2-,45,46,50,51,52)/p+1/t39-/m1/s1. The predicted octanol–water partition coefficient (Wildman–Crippen LogP) is 10.1. The maximum atomic E-state index is 12.7. The molecule has 0 radical (unpaired) electrons. The summed E-state index contributed by atoms with van der Waals surface area (Å²) in [7, 11) is 3.23. The van der Waals surface area contributed by atoms with Crippen molar-refractivity contribution in [1.82, 2.24) is 5.32 Å². The number of amides is 1. The van der Waals surface area contributed by atoms with Gasteiger partial charge in [-0.15, -0.1) is 0 Å². The van der Waals surface area contributed by atoms with Crippen LogP contribution in [0.1, 0.15) is 171 Å². The third-order valence-electron chi connectivity index (χ3n) is 9.94. The number of hydrogen-bond acceptors (Lipinski definition) is 9. The van der Waals surface area contributed by atoms with Gasteiger partial charge in [0, 0.05) is 32.1 Å². The SMILES string of the molecule is CCCCCCCCCCCCCCCC(=O)OC[C@H](COP(=O)(O)OCC[N+](C)(C)C)OC(=O)CCCCCCCCCCCNC(=O)c1ccccc1NC. The van der Waals surface area contributed by atoms with Crippen LogP contribution in [-0.2, 0) is 32.7 Å². The number of unbranched alkanes of at least 4 members (excludes halogenated alkanes) is 20. The molecule has 0 bridgehead atoms. The summed E-state index contributed by atoms with van der Waals surface area (Å²) >= 11 is 0. The largest absolute Gasteiger partial charge is 0.472 e. The highest BCUT2D eigenvalue weighted by atomic mass is 31.2. The molecule has 0 spiro atoms. The molecule has 0 aromatic heterocycles. The molecule has 0 aliphatic rings. The zero-order chi connectivity index (χ0) is 42.0. The Kier molecular flexibility index (Phi) is 30.7. The molecular formula is C44H81N3O9P+. The van der Waals surface area contributed by atoms with Crippen molar-refractivity contribution in [3.8, 4) is 0 Å². The molecule has 0 aliphatic heterocycles. The maximum Gasteiger partial charge on any atom is 0.472 e. The molecule has 1 unspecified atom stereocenters. The molecule has 1 aromatic rings. The highest BCUT2D eigenvalue weighted by Gasteiger charge is 2.27. The minimum atomic E-state index is -4.39. The Bertz CT molecular complexity index is 1240. The van der Waals surface area contributed by atoms with Gasteiger partial charge in [0.25, 0.3) is 5.91 Å². The molecule has 0 aliphatic carbocycles. The highest BCUT2D eigenvalue weighted by Crippen LogP contribution is 2.43. The summed E-state index contributed by atoms with van der Waals surface area (Å²) < 4.78 is 34.3. The zero-order valence-electron chi connectivity index (χ0n) is 36.5. The molecule has 0 fully saturated rings. The van der Waals surface area contributed by atoms with Crippen LogP contribution in [0.4, 0.5) is 5.69 Å². The van der Waals surface area contributed by atoms with E-state index in [4.69, 9.17) is 18.5 Å². The van der Waals surface area contributed by atoms with Crippen molar-refractivity contribution in [2.24, 2.45) is 0 Å². The predicted molar refractivity (Wildman–Crippen MR) is 230 cm³/mol. The fourth-order valence-corrected chi connectivity index (χ4v) is 7.12. The van der Waals surface area contributed by atoms with Crippen LogP contribution in [0, 0.1) is 0 Å². The highest BCUT2D eigenvalue weighted by molar-refractivity contribution is 7.47. The number of phosphoric acid groups is 1. The lowest BCUT2D eigenvalue weighted by molar-refractivity contribution is -0.870. The van der Waals surface area contributed by atoms with Crippen molar-refractivity contribution >= 4 is 31.4 Å². The zero-order valence-corrected chi connectivity index (χ0v) is 37.4. The van der Waals surface area contributed by atoms with Gasteiger partial charge in [-0.05, 0) is 31.4 Å². The monoisotopic (exact) mass is 827 g/mol. The normalized spacial score (nSPS) is 13.2. The van der Waals surface area contributed by atoms with E-state index in [1.54, 1.807) is 0 Å². The van der Waals surface area contributed by atoms with Crippen LogP contribution in [-0.4, -0.2) is 94.4 Å². The van der Waals surface area contributed by atoms with Gasteiger partial charge in [-0.2, -0.15) is 0 Å². The maximum absolute atomic E-state index is 12.7. The van der Waals surface area contributed by atoms with Gasteiger partial charge in [0.1, 0.15) is 19.8 Å². The van der Waals surface area contributed by atoms with E-state index < -0.39 is 26.5 Å². The summed E-state index contributed by atoms with van der Waals surface area (Å²) in [6.07, 6.45) is 24.3. The van der Waals surface area contributed by atoms with E-state index in [0.717, 1.165) is 76.3 Å². The molecule has 2 atom stereocenters. The number of carbonyl (C=O) groups excluding carboxylic acids is 3. The number of para-hydroxylation sites is 1. The Hall–Kier alpha value is -2.50. The number of rotatable bonds is 38. The fraction of sp³-hybridized carbons (Fsp3) is 0.795. The summed E-state index contributed by atoms with van der Waals surface area (Å²) in [4.78, 5) is 47.8. The summed E-state index contributed by atoms with van der Waals surface area (Å²) in [6, 6.07) is 7.47. The topological polar surface area (TPSA) is 149 Å². The van der Waals surface area contributed by atoms with Gasteiger partial charge in [0.05, 0.1) is 33.3 Å². The second kappa shape index (κ2) is 33.3. The summed E-state index contributed by atoms with van der Waals surface area (Å²) in [5.41, 5.74) is 1.48. The van der Waals surface area contributed by atoms with Crippen molar-refractivity contribution in [3.63, 3.8) is 0 Å². The lowest BCUT2D eigenvalue weighted by Crippen LogP contribution is -2.37. The number of ether oxygens (including phenoxy) is 2. The van der Waals surface area contributed by atoms with Crippen molar-refractivity contribution in [3.05, 3.63) is 29.8 Å². The minimum absolute atomic E-state index is 0.0166. The summed E-state index contributed by atoms with van der Waals surface area (Å²) in [5.74, 6) is -0.904. The van der Waals surface area contributed by atoms with E-state index in [9.17, 15) is 23.8 Å². The van der Waals surface area contributed by atoms with Gasteiger partial charge in [-0.3, -0.25) is 23.4 Å². The molecule has 1 rings (SSSR count). The molecule has 57 heavy (non-hydrogen) atoms. The van der Waals surface area contributed by atoms with Crippen molar-refractivity contribution in [1.29, 1.82) is 0 Å². The van der Waals surface area contributed by atoms with Crippen LogP contribution >= 0.6 is 7.82 Å². The Morgan fingerprint density at radius 3 is 1.70 bits per heavy atom. The van der Waals surface area contributed by atoms with Gasteiger partial charge in [0.2, 0.25) is 0 Å². The lowest BCUT2D eigenvalue weighted by Gasteiger charge is -2.24. The first-order valence-corrected chi connectivity index (χ1v) is 23.7. The third-order valence-corrected chi connectivity index (χ3v) is 10.9. The minimum Gasteiger partial charge on any atom is -0.462 e. The van der Waals surface area contributed by atoms with Crippen LogP contribution < -0.4 is 10.6 Å². The van der Waals surface area contributed by atoms with Gasteiger partial charge < -0.3 is 29.5 Å². The Morgan fingerprint density at radius 2 is 1.18 bits per heavy atom. The molecule has 330 valence electrons. The average molecular weight is 827 g/mol. The number of esters is 2. The molecule has 0 heterocycles.